The fraction of sp³-hybridized carbons (Fsp3) is 0.133. The van der Waals surface area contributed by atoms with Gasteiger partial charge >= 0.3 is 5.97 Å². The number of halogens is 2. The smallest absolute Gasteiger partial charge is 0.305 e. The second-order valence-corrected chi connectivity index (χ2v) is 7.18. The van der Waals surface area contributed by atoms with Crippen LogP contribution in [0.1, 0.15) is 18.0 Å². The van der Waals surface area contributed by atoms with Crippen molar-refractivity contribution in [3.63, 3.8) is 0 Å². The largest absolute Gasteiger partial charge is 0.481 e. The van der Waals surface area contributed by atoms with Crippen LogP contribution in [0.3, 0.4) is 0 Å². The van der Waals surface area contributed by atoms with Crippen LogP contribution in [-0.4, -0.2) is 19.5 Å². The summed E-state index contributed by atoms with van der Waals surface area (Å²) in [6.45, 7) is 0. The van der Waals surface area contributed by atoms with Crippen molar-refractivity contribution in [2.45, 2.75) is 17.4 Å². The van der Waals surface area contributed by atoms with Gasteiger partial charge in [-0.2, -0.15) is 0 Å². The summed E-state index contributed by atoms with van der Waals surface area (Å²) in [7, 11) is -4.01. The molecule has 0 saturated carbocycles. The van der Waals surface area contributed by atoms with Gasteiger partial charge in [-0.05, 0) is 24.3 Å². The average Bonchev–Trinajstić information content (AvgIpc) is 2.71. The van der Waals surface area contributed by atoms with Gasteiger partial charge in [0.15, 0.2) is 0 Å². The van der Waals surface area contributed by atoms with Crippen LogP contribution in [0.2, 0.25) is 5.02 Å². The summed E-state index contributed by atoms with van der Waals surface area (Å²) in [6, 6.07) is 9.04. The van der Waals surface area contributed by atoms with Gasteiger partial charge in [0.2, 0.25) is 0 Å². The first-order valence-electron chi connectivity index (χ1n) is 6.63. The summed E-state index contributed by atoms with van der Waals surface area (Å²) in [4.78, 5) is 11.0. The number of hydrogen-bond acceptors (Lipinski definition) is 3. The number of sulfonamides is 1. The molecule has 0 bridgehead atoms. The molecule has 3 rings (SSSR count). The predicted molar refractivity (Wildman–Crippen MR) is 82.5 cm³/mol. The molecule has 1 aliphatic rings. The Hall–Kier alpha value is -2.12. The lowest BCUT2D eigenvalue weighted by atomic mass is 10.0. The number of aliphatic carboxylic acids is 1. The molecule has 1 atom stereocenters. The van der Waals surface area contributed by atoms with Crippen molar-refractivity contribution >= 4 is 33.3 Å². The molecule has 1 aliphatic heterocycles. The number of carboxylic acid groups (broad SMARTS) is 1. The molecule has 0 fully saturated rings. The monoisotopic (exact) mass is 355 g/mol. The van der Waals surface area contributed by atoms with Gasteiger partial charge in [0.25, 0.3) is 10.0 Å². The van der Waals surface area contributed by atoms with E-state index in [4.69, 9.17) is 16.7 Å². The number of nitrogens with zero attached hydrogens (tertiary/aromatic N) is 1. The molecule has 0 saturated heterocycles. The Morgan fingerprint density at radius 2 is 1.87 bits per heavy atom. The van der Waals surface area contributed by atoms with E-state index in [1.54, 1.807) is 30.3 Å². The number of hydrogen-bond donors (Lipinski definition) is 1. The van der Waals surface area contributed by atoms with Gasteiger partial charge in [-0.1, -0.05) is 29.8 Å². The van der Waals surface area contributed by atoms with Crippen LogP contribution in [-0.2, 0) is 14.8 Å². The molecule has 0 amide bonds. The molecule has 1 N–H and O–H groups in total. The maximum absolute atomic E-state index is 13.8. The number of benzene rings is 2. The Labute approximate surface area is 137 Å². The zero-order valence-corrected chi connectivity index (χ0v) is 13.2. The van der Waals surface area contributed by atoms with Crippen molar-refractivity contribution < 1.29 is 22.7 Å². The molecule has 2 aromatic carbocycles. The highest BCUT2D eigenvalue weighted by Gasteiger charge is 2.45. The second kappa shape index (κ2) is 5.50. The minimum atomic E-state index is -4.01. The van der Waals surface area contributed by atoms with E-state index >= 15 is 0 Å². The summed E-state index contributed by atoms with van der Waals surface area (Å²) >= 11 is 5.94. The maximum Gasteiger partial charge on any atom is 0.305 e. The Morgan fingerprint density at radius 1 is 1.22 bits per heavy atom. The normalized spacial score (nSPS) is 18.7. The number of anilines is 1. The first-order valence-corrected chi connectivity index (χ1v) is 8.45. The first-order chi connectivity index (χ1) is 10.8. The maximum atomic E-state index is 13.8. The lowest BCUT2D eigenvalue weighted by Crippen LogP contribution is -2.29. The summed E-state index contributed by atoms with van der Waals surface area (Å²) < 4.78 is 40.3. The Balaban J connectivity index is 2.28. The van der Waals surface area contributed by atoms with Crippen LogP contribution in [0.5, 0.6) is 0 Å². The van der Waals surface area contributed by atoms with Crippen LogP contribution >= 0.6 is 11.6 Å². The van der Waals surface area contributed by atoms with E-state index in [1.165, 1.54) is 0 Å². The lowest BCUT2D eigenvalue weighted by Gasteiger charge is -2.24. The molecule has 1 unspecified atom stereocenters. The average molecular weight is 356 g/mol. The fourth-order valence-corrected chi connectivity index (χ4v) is 4.95. The van der Waals surface area contributed by atoms with Gasteiger partial charge in [-0.3, -0.25) is 9.10 Å². The number of carboxylic acids is 1. The highest BCUT2D eigenvalue weighted by Crippen LogP contribution is 2.47. The van der Waals surface area contributed by atoms with E-state index in [2.05, 4.69) is 0 Å². The van der Waals surface area contributed by atoms with Crippen LogP contribution in [0, 0.1) is 5.82 Å². The van der Waals surface area contributed by atoms with E-state index < -0.39 is 34.3 Å². The third-order valence-corrected chi connectivity index (χ3v) is 5.90. The summed E-state index contributed by atoms with van der Waals surface area (Å²) in [6.07, 6.45) is -0.524. The van der Waals surface area contributed by atoms with Crippen LogP contribution in [0.4, 0.5) is 10.1 Å². The number of rotatable bonds is 3. The topological polar surface area (TPSA) is 74.7 Å². The van der Waals surface area contributed by atoms with Crippen LogP contribution in [0.15, 0.2) is 47.4 Å². The lowest BCUT2D eigenvalue weighted by molar-refractivity contribution is -0.137. The number of carbonyl (C=O) groups is 1. The first kappa shape index (κ1) is 15.8. The highest BCUT2D eigenvalue weighted by atomic mass is 35.5. The van der Waals surface area contributed by atoms with Crippen LogP contribution < -0.4 is 4.31 Å². The SMILES string of the molecule is O=C(O)CC1c2c(ccc(F)c2Cl)S(=O)(=O)N1c1ccccc1. The van der Waals surface area contributed by atoms with Crippen LogP contribution in [0.25, 0.3) is 0 Å². The van der Waals surface area contributed by atoms with Crippen molar-refractivity contribution in [3.8, 4) is 0 Å². The third-order valence-electron chi connectivity index (χ3n) is 3.62. The van der Waals surface area contributed by atoms with E-state index in [0.717, 1.165) is 16.4 Å². The fourth-order valence-electron chi connectivity index (χ4n) is 2.72. The van der Waals surface area contributed by atoms with Gasteiger partial charge in [0, 0.05) is 5.56 Å². The molecule has 23 heavy (non-hydrogen) atoms. The summed E-state index contributed by atoms with van der Waals surface area (Å²) in [5.41, 5.74) is 0.282. The van der Waals surface area contributed by atoms with Crippen molar-refractivity contribution in [1.29, 1.82) is 0 Å². The van der Waals surface area contributed by atoms with Crippen molar-refractivity contribution in [1.82, 2.24) is 0 Å². The predicted octanol–water partition coefficient (Wildman–Crippen LogP) is 3.20. The summed E-state index contributed by atoms with van der Waals surface area (Å²) in [5, 5.41) is 8.77. The number of para-hydroxylation sites is 1. The van der Waals surface area contributed by atoms with Crippen molar-refractivity contribution in [2.24, 2.45) is 0 Å². The Morgan fingerprint density at radius 3 is 2.48 bits per heavy atom. The van der Waals surface area contributed by atoms with Crippen molar-refractivity contribution in [3.05, 3.63) is 58.9 Å². The van der Waals surface area contributed by atoms with E-state index in [9.17, 15) is 17.6 Å². The van der Waals surface area contributed by atoms with E-state index in [1.807, 2.05) is 0 Å². The molecule has 0 aliphatic carbocycles. The molecule has 1 heterocycles. The van der Waals surface area contributed by atoms with Crippen molar-refractivity contribution in [2.75, 3.05) is 4.31 Å². The zero-order chi connectivity index (χ0) is 16.8. The minimum absolute atomic E-state index is 0.0158. The van der Waals surface area contributed by atoms with Gasteiger partial charge in [0.05, 0.1) is 28.1 Å². The van der Waals surface area contributed by atoms with Gasteiger partial charge < -0.3 is 5.11 Å². The molecule has 5 nitrogen and oxygen atoms in total. The minimum Gasteiger partial charge on any atom is -0.481 e. The Kier molecular flexibility index (Phi) is 3.77. The van der Waals surface area contributed by atoms with Gasteiger partial charge in [0.1, 0.15) is 5.82 Å². The second-order valence-electron chi connectivity index (χ2n) is 5.02. The molecule has 0 aromatic heterocycles. The molecular formula is C15H11ClFNO4S. The molecular weight excluding hydrogens is 345 g/mol. The Bertz CT molecular complexity index is 886. The van der Waals surface area contributed by atoms with E-state index in [-0.39, 0.29) is 15.5 Å². The van der Waals surface area contributed by atoms with Gasteiger partial charge in [-0.15, -0.1) is 0 Å². The molecule has 2 aromatic rings. The summed E-state index contributed by atoms with van der Waals surface area (Å²) in [5.74, 6) is -2.00. The standard InChI is InChI=1S/C15H11ClFNO4S/c16-15-10(17)6-7-12-14(15)11(8-13(19)20)18(23(12,21)22)9-4-2-1-3-5-9/h1-7,11H,8H2,(H,19,20). The molecule has 8 heteroatoms. The van der Waals surface area contributed by atoms with Gasteiger partial charge in [-0.25, -0.2) is 12.8 Å². The molecule has 0 spiro atoms. The molecule has 120 valence electrons. The number of fused-ring (bicyclic) bond motifs is 1. The highest BCUT2D eigenvalue weighted by molar-refractivity contribution is 7.93. The third kappa shape index (κ3) is 2.46. The zero-order valence-electron chi connectivity index (χ0n) is 11.6. The van der Waals surface area contributed by atoms with E-state index in [0.29, 0.717) is 5.69 Å². The molecule has 0 radical (unpaired) electrons. The quantitative estimate of drug-likeness (QED) is 0.917.